The molecule has 0 aliphatic carbocycles. The van der Waals surface area contributed by atoms with Gasteiger partial charge in [0, 0.05) is 18.7 Å². The molecule has 4 heteroatoms. The molecule has 2 rings (SSSR count). The standard InChI is InChI=1S/C12H16ClFN2/c1-8-4-2-3-5-16(8)12-7-10(14)9(13)6-11(12)15/h6-8H,2-5,15H2,1H3. The van der Waals surface area contributed by atoms with E-state index in [-0.39, 0.29) is 5.02 Å². The van der Waals surface area contributed by atoms with Crippen LogP contribution in [0.25, 0.3) is 0 Å². The second-order valence-corrected chi connectivity index (χ2v) is 4.77. The molecule has 88 valence electrons. The molecule has 0 radical (unpaired) electrons. The zero-order valence-corrected chi connectivity index (χ0v) is 10.1. The lowest BCUT2D eigenvalue weighted by atomic mass is 10.0. The highest BCUT2D eigenvalue weighted by Crippen LogP contribution is 2.33. The van der Waals surface area contributed by atoms with E-state index in [0.717, 1.165) is 25.1 Å². The number of piperidine rings is 1. The smallest absolute Gasteiger partial charge is 0.144 e. The summed E-state index contributed by atoms with van der Waals surface area (Å²) in [5, 5.41) is 0.0888. The molecule has 1 heterocycles. The molecule has 16 heavy (non-hydrogen) atoms. The number of nitrogens with two attached hydrogens (primary N) is 1. The van der Waals surface area contributed by atoms with Crippen LogP contribution in [-0.2, 0) is 0 Å². The van der Waals surface area contributed by atoms with Crippen LogP contribution < -0.4 is 10.6 Å². The second-order valence-electron chi connectivity index (χ2n) is 4.36. The summed E-state index contributed by atoms with van der Waals surface area (Å²) in [6.07, 6.45) is 3.49. The van der Waals surface area contributed by atoms with E-state index in [0.29, 0.717) is 11.7 Å². The number of benzene rings is 1. The Bertz CT molecular complexity index is 395. The SMILES string of the molecule is CC1CCCCN1c1cc(F)c(Cl)cc1N. The monoisotopic (exact) mass is 242 g/mol. The highest BCUT2D eigenvalue weighted by molar-refractivity contribution is 6.31. The van der Waals surface area contributed by atoms with Crippen molar-refractivity contribution in [1.29, 1.82) is 0 Å². The maximum atomic E-state index is 13.4. The molecule has 0 spiro atoms. The maximum Gasteiger partial charge on any atom is 0.144 e. The Kier molecular flexibility index (Phi) is 3.24. The van der Waals surface area contributed by atoms with Gasteiger partial charge in [0.1, 0.15) is 5.82 Å². The van der Waals surface area contributed by atoms with Crippen LogP contribution in [0.1, 0.15) is 26.2 Å². The Morgan fingerprint density at radius 2 is 2.19 bits per heavy atom. The van der Waals surface area contributed by atoms with E-state index < -0.39 is 5.82 Å². The van der Waals surface area contributed by atoms with Gasteiger partial charge in [0.2, 0.25) is 0 Å². The fourth-order valence-corrected chi connectivity index (χ4v) is 2.43. The van der Waals surface area contributed by atoms with Gasteiger partial charge in [-0.2, -0.15) is 0 Å². The molecule has 1 saturated heterocycles. The van der Waals surface area contributed by atoms with Gasteiger partial charge in [0.05, 0.1) is 16.4 Å². The first-order chi connectivity index (χ1) is 7.59. The van der Waals surface area contributed by atoms with E-state index in [4.69, 9.17) is 17.3 Å². The van der Waals surface area contributed by atoms with Gasteiger partial charge >= 0.3 is 0 Å². The topological polar surface area (TPSA) is 29.3 Å². The van der Waals surface area contributed by atoms with Gasteiger partial charge in [-0.1, -0.05) is 11.6 Å². The van der Waals surface area contributed by atoms with Crippen molar-refractivity contribution >= 4 is 23.0 Å². The minimum Gasteiger partial charge on any atom is -0.397 e. The van der Waals surface area contributed by atoms with Crippen LogP contribution in [0.4, 0.5) is 15.8 Å². The number of hydrogen-bond donors (Lipinski definition) is 1. The first-order valence-electron chi connectivity index (χ1n) is 5.60. The summed E-state index contributed by atoms with van der Waals surface area (Å²) < 4.78 is 13.4. The molecule has 0 aromatic heterocycles. The first kappa shape index (κ1) is 11.5. The van der Waals surface area contributed by atoms with Crippen molar-refractivity contribution in [2.75, 3.05) is 17.2 Å². The number of halogens is 2. The first-order valence-corrected chi connectivity index (χ1v) is 5.98. The van der Waals surface area contributed by atoms with Gasteiger partial charge in [-0.25, -0.2) is 4.39 Å². The molecule has 1 aliphatic heterocycles. The summed E-state index contributed by atoms with van der Waals surface area (Å²) in [6, 6.07) is 3.35. The average Bonchev–Trinajstić information content (AvgIpc) is 2.25. The Balaban J connectivity index is 2.35. The van der Waals surface area contributed by atoms with E-state index in [1.807, 2.05) is 0 Å². The van der Waals surface area contributed by atoms with E-state index >= 15 is 0 Å². The van der Waals surface area contributed by atoms with E-state index in [1.165, 1.54) is 18.6 Å². The molecular weight excluding hydrogens is 227 g/mol. The van der Waals surface area contributed by atoms with Gasteiger partial charge in [0.15, 0.2) is 0 Å². The largest absolute Gasteiger partial charge is 0.397 e. The van der Waals surface area contributed by atoms with Gasteiger partial charge in [-0.05, 0) is 32.3 Å². The third kappa shape index (κ3) is 2.09. The predicted molar refractivity (Wildman–Crippen MR) is 66.5 cm³/mol. The molecule has 0 bridgehead atoms. The third-order valence-corrected chi connectivity index (χ3v) is 3.47. The average molecular weight is 243 g/mol. The van der Waals surface area contributed by atoms with E-state index in [1.54, 1.807) is 0 Å². The number of anilines is 2. The minimum absolute atomic E-state index is 0.0888. The zero-order valence-electron chi connectivity index (χ0n) is 9.34. The Morgan fingerprint density at radius 3 is 2.88 bits per heavy atom. The van der Waals surface area contributed by atoms with Crippen molar-refractivity contribution in [2.45, 2.75) is 32.2 Å². The van der Waals surface area contributed by atoms with E-state index in [9.17, 15) is 4.39 Å². The summed E-state index contributed by atoms with van der Waals surface area (Å²) in [4.78, 5) is 2.16. The molecule has 1 fully saturated rings. The van der Waals surface area contributed by atoms with Crippen LogP contribution in [0.5, 0.6) is 0 Å². The van der Waals surface area contributed by atoms with Gasteiger partial charge in [-0.3, -0.25) is 0 Å². The van der Waals surface area contributed by atoms with Crippen LogP contribution in [0, 0.1) is 5.82 Å². The van der Waals surface area contributed by atoms with Crippen molar-refractivity contribution in [3.63, 3.8) is 0 Å². The molecule has 2 N–H and O–H groups in total. The molecule has 1 atom stereocenters. The van der Waals surface area contributed by atoms with Crippen molar-refractivity contribution in [3.05, 3.63) is 23.0 Å². The van der Waals surface area contributed by atoms with Crippen molar-refractivity contribution in [2.24, 2.45) is 0 Å². The predicted octanol–water partition coefficient (Wildman–Crippen LogP) is 3.44. The number of rotatable bonds is 1. The molecule has 1 aromatic rings. The molecule has 1 aromatic carbocycles. The van der Waals surface area contributed by atoms with Crippen LogP contribution in [-0.4, -0.2) is 12.6 Å². The highest BCUT2D eigenvalue weighted by Gasteiger charge is 2.21. The lowest BCUT2D eigenvalue weighted by molar-refractivity contribution is 0.484. The zero-order chi connectivity index (χ0) is 11.7. The molecule has 2 nitrogen and oxygen atoms in total. The summed E-state index contributed by atoms with van der Waals surface area (Å²) >= 11 is 5.69. The maximum absolute atomic E-state index is 13.4. The summed E-state index contributed by atoms with van der Waals surface area (Å²) in [6.45, 7) is 3.08. The van der Waals surface area contributed by atoms with Crippen LogP contribution in [0.3, 0.4) is 0 Å². The minimum atomic E-state index is -0.399. The molecule has 0 saturated carbocycles. The summed E-state index contributed by atoms with van der Waals surface area (Å²) in [7, 11) is 0. The number of nitrogens with zero attached hydrogens (tertiary/aromatic N) is 1. The lowest BCUT2D eigenvalue weighted by Gasteiger charge is -2.36. The number of hydrogen-bond acceptors (Lipinski definition) is 2. The Labute approximate surface area is 100 Å². The van der Waals surface area contributed by atoms with Crippen molar-refractivity contribution < 1.29 is 4.39 Å². The van der Waals surface area contributed by atoms with Crippen LogP contribution in [0.15, 0.2) is 12.1 Å². The van der Waals surface area contributed by atoms with E-state index in [2.05, 4.69) is 11.8 Å². The number of nitrogen functional groups attached to an aromatic ring is 1. The summed E-state index contributed by atoms with van der Waals surface area (Å²) in [5.41, 5.74) is 7.22. The van der Waals surface area contributed by atoms with Gasteiger partial charge in [0.25, 0.3) is 0 Å². The normalized spacial score (nSPS) is 21.2. The van der Waals surface area contributed by atoms with Gasteiger partial charge < -0.3 is 10.6 Å². The Morgan fingerprint density at radius 1 is 1.44 bits per heavy atom. The quantitative estimate of drug-likeness (QED) is 0.765. The molecule has 1 aliphatic rings. The third-order valence-electron chi connectivity index (χ3n) is 3.18. The second kappa shape index (κ2) is 4.50. The van der Waals surface area contributed by atoms with Crippen LogP contribution >= 0.6 is 11.6 Å². The molecular formula is C12H16ClFN2. The lowest BCUT2D eigenvalue weighted by Crippen LogP contribution is -2.37. The Hall–Kier alpha value is -0.960. The molecule has 0 amide bonds. The highest BCUT2D eigenvalue weighted by atomic mass is 35.5. The summed E-state index contributed by atoms with van der Waals surface area (Å²) in [5.74, 6) is -0.399. The van der Waals surface area contributed by atoms with Crippen LogP contribution in [0.2, 0.25) is 5.02 Å². The van der Waals surface area contributed by atoms with Crippen molar-refractivity contribution in [1.82, 2.24) is 0 Å². The molecule has 1 unspecified atom stereocenters. The fraction of sp³-hybridized carbons (Fsp3) is 0.500. The fourth-order valence-electron chi connectivity index (χ4n) is 2.26. The van der Waals surface area contributed by atoms with Gasteiger partial charge in [-0.15, -0.1) is 0 Å². The van der Waals surface area contributed by atoms with Crippen molar-refractivity contribution in [3.8, 4) is 0 Å².